The Morgan fingerprint density at radius 2 is 1.91 bits per heavy atom. The van der Waals surface area contributed by atoms with Crippen LogP contribution in [-0.4, -0.2) is 28.4 Å². The molecule has 2 aromatic carbocycles. The summed E-state index contributed by atoms with van der Waals surface area (Å²) in [6.45, 7) is 11.5. The zero-order valence-electron chi connectivity index (χ0n) is 19.7. The van der Waals surface area contributed by atoms with Crippen LogP contribution in [0.2, 0.25) is 0 Å². The van der Waals surface area contributed by atoms with Crippen LogP contribution < -0.4 is 20.1 Å². The van der Waals surface area contributed by atoms with Gasteiger partial charge in [-0.05, 0) is 70.0 Å². The predicted octanol–water partition coefficient (Wildman–Crippen LogP) is 4.26. The molecule has 33 heavy (non-hydrogen) atoms. The second-order valence-corrected chi connectivity index (χ2v) is 8.02. The SMILES string of the molecule is CCn1nc(C)c(CN=C(NC(=O)c2ccc3c(c2)OCO3)Nc2cccc(C)c2C)c1C. The smallest absolute Gasteiger partial charge is 0.258 e. The number of amides is 1. The number of nitrogens with one attached hydrogen (secondary N) is 2. The second-order valence-electron chi connectivity index (χ2n) is 8.02. The first-order valence-corrected chi connectivity index (χ1v) is 11.0. The van der Waals surface area contributed by atoms with Gasteiger partial charge in [0.05, 0.1) is 12.2 Å². The van der Waals surface area contributed by atoms with Crippen LogP contribution in [0.5, 0.6) is 11.5 Å². The number of aryl methyl sites for hydroxylation is 3. The molecule has 1 amide bonds. The summed E-state index contributed by atoms with van der Waals surface area (Å²) in [5, 5.41) is 10.8. The average molecular weight is 448 g/mol. The Balaban J connectivity index is 1.62. The minimum atomic E-state index is -0.289. The van der Waals surface area contributed by atoms with Gasteiger partial charge in [-0.2, -0.15) is 5.10 Å². The summed E-state index contributed by atoms with van der Waals surface area (Å²) in [4.78, 5) is 17.8. The molecule has 0 bridgehead atoms. The molecule has 0 saturated carbocycles. The number of hydrogen-bond acceptors (Lipinski definition) is 5. The number of benzene rings is 2. The van der Waals surface area contributed by atoms with Crippen LogP contribution in [0.3, 0.4) is 0 Å². The van der Waals surface area contributed by atoms with Gasteiger partial charge in [-0.25, -0.2) is 4.99 Å². The van der Waals surface area contributed by atoms with Gasteiger partial charge in [0.1, 0.15) is 0 Å². The van der Waals surface area contributed by atoms with Crippen molar-refractivity contribution < 1.29 is 14.3 Å². The van der Waals surface area contributed by atoms with E-state index in [1.54, 1.807) is 18.2 Å². The lowest BCUT2D eigenvalue weighted by Gasteiger charge is -2.15. The first kappa shape index (κ1) is 22.4. The van der Waals surface area contributed by atoms with Crippen molar-refractivity contribution in [2.45, 2.75) is 47.7 Å². The maximum atomic E-state index is 13.0. The van der Waals surface area contributed by atoms with Crippen molar-refractivity contribution in [3.05, 3.63) is 70.0 Å². The molecule has 0 aliphatic carbocycles. The van der Waals surface area contributed by atoms with Crippen molar-refractivity contribution in [1.82, 2.24) is 15.1 Å². The number of nitrogens with zero attached hydrogens (tertiary/aromatic N) is 3. The maximum Gasteiger partial charge on any atom is 0.258 e. The number of anilines is 1. The van der Waals surface area contributed by atoms with Crippen molar-refractivity contribution in [1.29, 1.82) is 0 Å². The highest BCUT2D eigenvalue weighted by atomic mass is 16.7. The van der Waals surface area contributed by atoms with E-state index in [0.717, 1.165) is 40.3 Å². The Bertz CT molecular complexity index is 1230. The lowest BCUT2D eigenvalue weighted by molar-refractivity contribution is 0.0976. The van der Waals surface area contributed by atoms with Gasteiger partial charge in [-0.1, -0.05) is 12.1 Å². The molecule has 8 heteroatoms. The fourth-order valence-electron chi connectivity index (χ4n) is 3.77. The molecule has 2 heterocycles. The third kappa shape index (κ3) is 4.69. The highest BCUT2D eigenvalue weighted by Crippen LogP contribution is 2.32. The summed E-state index contributed by atoms with van der Waals surface area (Å²) in [6, 6.07) is 11.1. The van der Waals surface area contributed by atoms with Crippen molar-refractivity contribution in [3.8, 4) is 11.5 Å². The molecule has 0 fully saturated rings. The summed E-state index contributed by atoms with van der Waals surface area (Å²) in [5.74, 6) is 1.27. The lowest BCUT2D eigenvalue weighted by atomic mass is 10.1. The van der Waals surface area contributed by atoms with E-state index >= 15 is 0 Å². The number of fused-ring (bicyclic) bond motifs is 1. The van der Waals surface area contributed by atoms with Gasteiger partial charge in [-0.3, -0.25) is 14.8 Å². The van der Waals surface area contributed by atoms with Gasteiger partial charge in [0.2, 0.25) is 12.8 Å². The van der Waals surface area contributed by atoms with Crippen LogP contribution >= 0.6 is 0 Å². The molecule has 0 atom stereocenters. The number of guanidine groups is 1. The number of carbonyl (C=O) groups is 1. The molecule has 1 aliphatic rings. The van der Waals surface area contributed by atoms with Gasteiger partial charge in [0.25, 0.3) is 5.91 Å². The van der Waals surface area contributed by atoms with Crippen molar-refractivity contribution in [3.63, 3.8) is 0 Å². The number of aliphatic imine (C=N–C) groups is 1. The van der Waals surface area contributed by atoms with E-state index in [0.29, 0.717) is 29.6 Å². The van der Waals surface area contributed by atoms with Gasteiger partial charge < -0.3 is 14.8 Å². The third-order valence-corrected chi connectivity index (χ3v) is 5.95. The molecule has 2 N–H and O–H groups in total. The molecule has 1 aliphatic heterocycles. The van der Waals surface area contributed by atoms with E-state index in [1.165, 1.54) is 0 Å². The standard InChI is InChI=1S/C25H29N5O3/c1-6-30-18(5)20(17(4)29-30)13-26-25(27-21-9-7-8-15(2)16(21)3)28-24(31)19-10-11-22-23(12-19)33-14-32-22/h7-12H,6,13-14H2,1-5H3,(H2,26,27,28,31). The summed E-state index contributed by atoms with van der Waals surface area (Å²) in [5.41, 5.74) is 6.65. The number of hydrogen-bond donors (Lipinski definition) is 2. The Labute approximate surface area is 193 Å². The Kier molecular flexibility index (Phi) is 6.35. The lowest BCUT2D eigenvalue weighted by Crippen LogP contribution is -2.36. The molecule has 3 aromatic rings. The first-order valence-electron chi connectivity index (χ1n) is 11.0. The van der Waals surface area contributed by atoms with Crippen molar-refractivity contribution >= 4 is 17.6 Å². The van der Waals surface area contributed by atoms with Crippen LogP contribution in [0.1, 0.15) is 45.4 Å². The molecule has 172 valence electrons. The summed E-state index contributed by atoms with van der Waals surface area (Å²) >= 11 is 0. The van der Waals surface area contributed by atoms with Gasteiger partial charge >= 0.3 is 0 Å². The summed E-state index contributed by atoms with van der Waals surface area (Å²) in [7, 11) is 0. The quantitative estimate of drug-likeness (QED) is 0.451. The van der Waals surface area contributed by atoms with E-state index < -0.39 is 0 Å². The van der Waals surface area contributed by atoms with Crippen LogP contribution in [0.25, 0.3) is 0 Å². The molecular weight excluding hydrogens is 418 g/mol. The number of carbonyl (C=O) groups excluding carboxylic acids is 1. The Hall–Kier alpha value is -3.81. The average Bonchev–Trinajstić information content (AvgIpc) is 3.38. The first-order chi connectivity index (χ1) is 15.9. The molecule has 4 rings (SSSR count). The zero-order valence-corrected chi connectivity index (χ0v) is 19.7. The Morgan fingerprint density at radius 3 is 2.67 bits per heavy atom. The fourth-order valence-corrected chi connectivity index (χ4v) is 3.77. The molecule has 0 radical (unpaired) electrons. The minimum Gasteiger partial charge on any atom is -0.454 e. The van der Waals surface area contributed by atoms with E-state index in [-0.39, 0.29) is 12.7 Å². The van der Waals surface area contributed by atoms with Crippen LogP contribution in [0.15, 0.2) is 41.4 Å². The van der Waals surface area contributed by atoms with E-state index in [9.17, 15) is 4.79 Å². The predicted molar refractivity (Wildman–Crippen MR) is 128 cm³/mol. The highest BCUT2D eigenvalue weighted by molar-refractivity contribution is 6.10. The van der Waals surface area contributed by atoms with Crippen molar-refractivity contribution in [2.24, 2.45) is 4.99 Å². The van der Waals surface area contributed by atoms with E-state index in [1.807, 2.05) is 50.6 Å². The summed E-state index contributed by atoms with van der Waals surface area (Å²) < 4.78 is 12.7. The second kappa shape index (κ2) is 9.36. The normalized spacial score (nSPS) is 12.7. The third-order valence-electron chi connectivity index (χ3n) is 5.95. The number of ether oxygens (including phenoxy) is 2. The minimum absolute atomic E-state index is 0.158. The largest absolute Gasteiger partial charge is 0.454 e. The van der Waals surface area contributed by atoms with Crippen molar-refractivity contribution in [2.75, 3.05) is 12.1 Å². The fraction of sp³-hybridized carbons (Fsp3) is 0.320. The summed E-state index contributed by atoms with van der Waals surface area (Å²) in [6.07, 6.45) is 0. The Morgan fingerprint density at radius 1 is 1.12 bits per heavy atom. The molecule has 0 unspecified atom stereocenters. The van der Waals surface area contributed by atoms with Crippen LogP contribution in [0.4, 0.5) is 5.69 Å². The number of rotatable bonds is 5. The van der Waals surface area contributed by atoms with Gasteiger partial charge in [-0.15, -0.1) is 0 Å². The highest BCUT2D eigenvalue weighted by Gasteiger charge is 2.18. The zero-order chi connectivity index (χ0) is 23.5. The molecule has 1 aromatic heterocycles. The van der Waals surface area contributed by atoms with Gasteiger partial charge in [0, 0.05) is 29.1 Å². The van der Waals surface area contributed by atoms with Crippen LogP contribution in [0, 0.1) is 27.7 Å². The van der Waals surface area contributed by atoms with Crippen LogP contribution in [-0.2, 0) is 13.1 Å². The van der Waals surface area contributed by atoms with E-state index in [4.69, 9.17) is 14.5 Å². The topological polar surface area (TPSA) is 89.8 Å². The molecule has 8 nitrogen and oxygen atoms in total. The molecular formula is C25H29N5O3. The van der Waals surface area contributed by atoms with Gasteiger partial charge in [0.15, 0.2) is 11.5 Å². The molecule has 0 saturated heterocycles. The monoisotopic (exact) mass is 447 g/mol. The number of aromatic nitrogens is 2. The maximum absolute atomic E-state index is 13.0. The molecule has 0 spiro atoms. The van der Waals surface area contributed by atoms with E-state index in [2.05, 4.69) is 22.7 Å².